The average Bonchev–Trinajstić information content (AvgIpc) is 2.77. The third-order valence-corrected chi connectivity index (χ3v) is 4.57. The molecule has 162 valence electrons. The molecule has 2 aromatic heterocycles. The second kappa shape index (κ2) is 14.8. The van der Waals surface area contributed by atoms with Gasteiger partial charge in [-0.3, -0.25) is 9.97 Å². The van der Waals surface area contributed by atoms with Crippen molar-refractivity contribution in [1.29, 1.82) is 0 Å². The lowest BCUT2D eigenvalue weighted by Gasteiger charge is -2.09. The Bertz CT molecular complexity index is 663. The van der Waals surface area contributed by atoms with Crippen molar-refractivity contribution < 1.29 is 9.59 Å². The van der Waals surface area contributed by atoms with Crippen LogP contribution in [-0.2, 0) is 12.8 Å². The lowest BCUT2D eigenvalue weighted by atomic mass is 10.2. The molecule has 0 atom stereocenters. The van der Waals surface area contributed by atoms with Crippen molar-refractivity contribution in [3.8, 4) is 0 Å². The van der Waals surface area contributed by atoms with Crippen molar-refractivity contribution in [3.63, 3.8) is 0 Å². The van der Waals surface area contributed by atoms with Crippen LogP contribution in [0, 0.1) is 0 Å². The van der Waals surface area contributed by atoms with E-state index in [9.17, 15) is 9.59 Å². The van der Waals surface area contributed by atoms with Crippen LogP contribution in [0.5, 0.6) is 0 Å². The van der Waals surface area contributed by atoms with Gasteiger partial charge in [-0.2, -0.15) is 0 Å². The van der Waals surface area contributed by atoms with E-state index in [0.29, 0.717) is 26.2 Å². The lowest BCUT2D eigenvalue weighted by molar-refractivity contribution is 0.239. The van der Waals surface area contributed by atoms with E-state index in [1.54, 1.807) is 24.8 Å². The van der Waals surface area contributed by atoms with Gasteiger partial charge in [0.05, 0.1) is 0 Å². The maximum Gasteiger partial charge on any atom is 0.314 e. The molecule has 0 saturated carbocycles. The third kappa shape index (κ3) is 11.0. The molecule has 0 aromatic carbocycles. The quantitative estimate of drug-likeness (QED) is 0.379. The summed E-state index contributed by atoms with van der Waals surface area (Å²) < 4.78 is 0. The molecular weight excluding hydrogens is 380 g/mol. The molecule has 0 saturated heterocycles. The van der Waals surface area contributed by atoms with Gasteiger partial charge in [0.15, 0.2) is 0 Å². The molecule has 0 aliphatic carbocycles. The van der Waals surface area contributed by atoms with E-state index in [1.165, 1.54) is 0 Å². The highest BCUT2D eigenvalue weighted by Gasteiger charge is 2.01. The first-order valence-corrected chi connectivity index (χ1v) is 10.6. The molecule has 0 bridgehead atoms. The van der Waals surface area contributed by atoms with E-state index in [-0.39, 0.29) is 12.1 Å². The van der Waals surface area contributed by atoms with Gasteiger partial charge in [0, 0.05) is 51.0 Å². The second-order valence-electron chi connectivity index (χ2n) is 6.99. The zero-order valence-electron chi connectivity index (χ0n) is 17.4. The monoisotopic (exact) mass is 412 g/mol. The molecular formula is C22H32N6O2. The van der Waals surface area contributed by atoms with Gasteiger partial charge >= 0.3 is 12.1 Å². The van der Waals surface area contributed by atoms with Crippen LogP contribution in [0.25, 0.3) is 0 Å². The minimum Gasteiger partial charge on any atom is -0.338 e. The second-order valence-corrected chi connectivity index (χ2v) is 6.99. The number of pyridine rings is 2. The van der Waals surface area contributed by atoms with Crippen LogP contribution in [0.3, 0.4) is 0 Å². The fourth-order valence-corrected chi connectivity index (χ4v) is 2.87. The van der Waals surface area contributed by atoms with Crippen molar-refractivity contribution in [2.24, 2.45) is 0 Å². The number of aromatic nitrogens is 2. The van der Waals surface area contributed by atoms with Gasteiger partial charge in [-0.05, 0) is 61.1 Å². The minimum atomic E-state index is -0.130. The Labute approximate surface area is 178 Å². The molecule has 8 nitrogen and oxygen atoms in total. The van der Waals surface area contributed by atoms with Gasteiger partial charge in [-0.15, -0.1) is 0 Å². The Kier molecular flexibility index (Phi) is 11.4. The van der Waals surface area contributed by atoms with Crippen molar-refractivity contribution in [2.45, 2.75) is 38.5 Å². The Morgan fingerprint density at radius 1 is 0.567 bits per heavy atom. The maximum atomic E-state index is 11.7. The summed E-state index contributed by atoms with van der Waals surface area (Å²) in [7, 11) is 0. The topological polar surface area (TPSA) is 108 Å². The molecule has 0 aliphatic heterocycles. The van der Waals surface area contributed by atoms with Gasteiger partial charge in [-0.25, -0.2) is 9.59 Å². The van der Waals surface area contributed by atoms with E-state index in [1.807, 2.05) is 24.3 Å². The standard InChI is InChI=1S/C22H32N6O2/c29-21(27-17-9-19-5-13-23-14-6-19)25-11-3-1-2-4-12-26-22(30)28-18-10-20-7-15-24-16-8-20/h5-8,13-16H,1-4,9-12,17-18H2,(H2,25,27,29)(H2,26,28,30). The number of rotatable bonds is 13. The molecule has 0 radical (unpaired) electrons. The van der Waals surface area contributed by atoms with Crippen LogP contribution in [0.4, 0.5) is 9.59 Å². The van der Waals surface area contributed by atoms with Crippen LogP contribution in [0.15, 0.2) is 49.1 Å². The summed E-state index contributed by atoms with van der Waals surface area (Å²) in [5.74, 6) is 0. The number of amides is 4. The fourth-order valence-electron chi connectivity index (χ4n) is 2.87. The summed E-state index contributed by atoms with van der Waals surface area (Å²) in [4.78, 5) is 31.4. The van der Waals surface area contributed by atoms with Gasteiger partial charge < -0.3 is 21.3 Å². The molecule has 2 rings (SSSR count). The average molecular weight is 413 g/mol. The van der Waals surface area contributed by atoms with Crippen LogP contribution in [0.2, 0.25) is 0 Å². The number of urea groups is 2. The van der Waals surface area contributed by atoms with Gasteiger partial charge in [0.25, 0.3) is 0 Å². The first-order valence-electron chi connectivity index (χ1n) is 10.6. The van der Waals surface area contributed by atoms with E-state index in [2.05, 4.69) is 31.2 Å². The van der Waals surface area contributed by atoms with Crippen molar-refractivity contribution in [2.75, 3.05) is 26.2 Å². The first-order chi connectivity index (χ1) is 14.7. The molecule has 0 unspecified atom stereocenters. The highest BCUT2D eigenvalue weighted by molar-refractivity contribution is 5.74. The molecule has 4 amide bonds. The molecule has 2 aromatic rings. The molecule has 2 heterocycles. The summed E-state index contributed by atoms with van der Waals surface area (Å²) in [6, 6.07) is 7.52. The van der Waals surface area contributed by atoms with Crippen molar-refractivity contribution >= 4 is 12.1 Å². The number of hydrogen-bond donors (Lipinski definition) is 4. The molecule has 0 spiro atoms. The lowest BCUT2D eigenvalue weighted by Crippen LogP contribution is -2.37. The molecule has 0 fully saturated rings. The number of carbonyl (C=O) groups is 2. The zero-order chi connectivity index (χ0) is 21.3. The summed E-state index contributed by atoms with van der Waals surface area (Å²) in [6.45, 7) is 2.52. The third-order valence-electron chi connectivity index (χ3n) is 4.57. The summed E-state index contributed by atoms with van der Waals surface area (Å²) in [6.07, 6.45) is 12.5. The van der Waals surface area contributed by atoms with Gasteiger partial charge in [0.1, 0.15) is 0 Å². The van der Waals surface area contributed by atoms with E-state index in [0.717, 1.165) is 49.7 Å². The van der Waals surface area contributed by atoms with Crippen LogP contribution >= 0.6 is 0 Å². The van der Waals surface area contributed by atoms with Crippen LogP contribution < -0.4 is 21.3 Å². The van der Waals surface area contributed by atoms with Gasteiger partial charge in [-0.1, -0.05) is 12.8 Å². The fraction of sp³-hybridized carbons (Fsp3) is 0.455. The zero-order valence-corrected chi connectivity index (χ0v) is 17.4. The number of nitrogens with zero attached hydrogens (tertiary/aromatic N) is 2. The molecule has 0 aliphatic rings. The van der Waals surface area contributed by atoms with E-state index < -0.39 is 0 Å². The Hall–Kier alpha value is -3.16. The SMILES string of the molecule is O=C(NCCCCCCNC(=O)NCCc1ccncc1)NCCc1ccncc1. The highest BCUT2D eigenvalue weighted by atomic mass is 16.2. The Balaban J connectivity index is 1.35. The highest BCUT2D eigenvalue weighted by Crippen LogP contribution is 1.99. The van der Waals surface area contributed by atoms with Crippen LogP contribution in [-0.4, -0.2) is 48.2 Å². The normalized spacial score (nSPS) is 10.3. The molecule has 8 heteroatoms. The predicted molar refractivity (Wildman–Crippen MR) is 117 cm³/mol. The van der Waals surface area contributed by atoms with Crippen LogP contribution in [0.1, 0.15) is 36.8 Å². The molecule has 30 heavy (non-hydrogen) atoms. The summed E-state index contributed by atoms with van der Waals surface area (Å²) in [5.41, 5.74) is 2.31. The van der Waals surface area contributed by atoms with Gasteiger partial charge in [0.2, 0.25) is 0 Å². The molecule has 4 N–H and O–H groups in total. The summed E-state index contributed by atoms with van der Waals surface area (Å²) >= 11 is 0. The van der Waals surface area contributed by atoms with E-state index >= 15 is 0 Å². The minimum absolute atomic E-state index is 0.130. The Morgan fingerprint density at radius 3 is 1.33 bits per heavy atom. The number of unbranched alkanes of at least 4 members (excludes halogenated alkanes) is 3. The smallest absolute Gasteiger partial charge is 0.314 e. The van der Waals surface area contributed by atoms with Crippen molar-refractivity contribution in [3.05, 3.63) is 60.2 Å². The number of carbonyl (C=O) groups excluding carboxylic acids is 2. The van der Waals surface area contributed by atoms with Crippen molar-refractivity contribution in [1.82, 2.24) is 31.2 Å². The predicted octanol–water partition coefficient (Wildman–Crippen LogP) is 2.42. The van der Waals surface area contributed by atoms with E-state index in [4.69, 9.17) is 0 Å². The maximum absolute atomic E-state index is 11.7. The number of nitrogens with one attached hydrogen (secondary N) is 4. The summed E-state index contributed by atoms with van der Waals surface area (Å²) in [5, 5.41) is 11.4. The first kappa shape index (κ1) is 23.1. The largest absolute Gasteiger partial charge is 0.338 e. The Morgan fingerprint density at radius 2 is 0.933 bits per heavy atom. The number of hydrogen-bond acceptors (Lipinski definition) is 4.